The second-order valence-corrected chi connectivity index (χ2v) is 13.1. The van der Waals surface area contributed by atoms with Gasteiger partial charge in [0.15, 0.2) is 0 Å². The summed E-state index contributed by atoms with van der Waals surface area (Å²) in [4.78, 5) is 30.0. The van der Waals surface area contributed by atoms with Crippen LogP contribution >= 0.6 is 27.5 Å². The number of ether oxygens (including phenoxy) is 6. The van der Waals surface area contributed by atoms with Gasteiger partial charge in [-0.1, -0.05) is 36.8 Å². The number of hydrogen-bond acceptors (Lipinski definition) is 10. The van der Waals surface area contributed by atoms with Gasteiger partial charge in [0.05, 0.1) is 36.9 Å². The third-order valence-electron chi connectivity index (χ3n) is 9.45. The first-order valence-electron chi connectivity index (χ1n) is 14.3. The van der Waals surface area contributed by atoms with Crippen molar-refractivity contribution in [1.82, 2.24) is 4.98 Å². The molecule has 0 aromatic carbocycles. The minimum absolute atomic E-state index is 0.0189. The van der Waals surface area contributed by atoms with E-state index in [1.807, 2.05) is 32.1 Å². The SMILES string of the molecule is COC[C@@H]1[C@@H](O)[C@@H]2[C@H]3C=C[C@@H]4[C@@H](COC)C(=O)O[C@H]([C@H](O)COC)[C@H](C)/C=C(\C)[C@@]24O[C@H]3[C@@H]1OC(=O)c1cc(Cl)c(Br)[nH]1. The third-order valence-corrected chi connectivity index (χ3v) is 10.6. The Morgan fingerprint density at radius 1 is 1.21 bits per heavy atom. The van der Waals surface area contributed by atoms with Gasteiger partial charge in [0, 0.05) is 50.9 Å². The van der Waals surface area contributed by atoms with Crippen LogP contribution < -0.4 is 0 Å². The van der Waals surface area contributed by atoms with Crippen molar-refractivity contribution >= 4 is 39.5 Å². The molecular weight excluding hydrogens is 650 g/mol. The number of carbonyl (C=O) groups is 2. The summed E-state index contributed by atoms with van der Waals surface area (Å²) in [5, 5.41) is 23.3. The molecule has 0 amide bonds. The summed E-state index contributed by atoms with van der Waals surface area (Å²) in [7, 11) is 4.49. The van der Waals surface area contributed by atoms with E-state index in [-0.39, 0.29) is 31.4 Å². The van der Waals surface area contributed by atoms with Gasteiger partial charge in [0.1, 0.15) is 40.3 Å². The monoisotopic (exact) mass is 687 g/mol. The fourth-order valence-corrected chi connectivity index (χ4v) is 8.18. The lowest BCUT2D eigenvalue weighted by Gasteiger charge is -2.49. The first-order chi connectivity index (χ1) is 20.5. The van der Waals surface area contributed by atoms with Crippen molar-refractivity contribution in [1.29, 1.82) is 0 Å². The van der Waals surface area contributed by atoms with Gasteiger partial charge in [-0.2, -0.15) is 0 Å². The number of rotatable bonds is 9. The third kappa shape index (κ3) is 5.52. The van der Waals surface area contributed by atoms with E-state index < -0.39 is 77.6 Å². The van der Waals surface area contributed by atoms with Crippen molar-refractivity contribution in [3.05, 3.63) is 45.2 Å². The van der Waals surface area contributed by atoms with Gasteiger partial charge in [0.25, 0.3) is 0 Å². The number of nitrogens with one attached hydrogen (secondary N) is 1. The highest BCUT2D eigenvalue weighted by Gasteiger charge is 2.71. The Bertz CT molecular complexity index is 1250. The average Bonchev–Trinajstić information content (AvgIpc) is 3.40. The van der Waals surface area contributed by atoms with Crippen LogP contribution in [0, 0.1) is 35.5 Å². The molecule has 12 atom stereocenters. The maximum Gasteiger partial charge on any atom is 0.355 e. The van der Waals surface area contributed by atoms with E-state index in [0.717, 1.165) is 5.57 Å². The summed E-state index contributed by atoms with van der Waals surface area (Å²) in [6, 6.07) is 1.46. The number of aromatic amines is 1. The van der Waals surface area contributed by atoms with Crippen LogP contribution in [0.4, 0.5) is 0 Å². The highest BCUT2D eigenvalue weighted by Crippen LogP contribution is 2.62. The van der Waals surface area contributed by atoms with E-state index in [2.05, 4.69) is 20.9 Å². The summed E-state index contributed by atoms with van der Waals surface area (Å²) in [5.41, 5.74) is -0.233. The molecule has 1 aromatic heterocycles. The van der Waals surface area contributed by atoms with Crippen LogP contribution in [-0.2, 0) is 33.2 Å². The molecule has 1 aromatic rings. The molecule has 3 N–H and O–H groups in total. The Morgan fingerprint density at radius 2 is 1.93 bits per heavy atom. The number of aliphatic hydroxyl groups is 2. The van der Waals surface area contributed by atoms with Gasteiger partial charge in [-0.25, -0.2) is 4.79 Å². The fraction of sp³-hybridized carbons (Fsp3) is 0.667. The van der Waals surface area contributed by atoms with Gasteiger partial charge < -0.3 is 43.6 Å². The van der Waals surface area contributed by atoms with Crippen molar-refractivity contribution in [2.75, 3.05) is 41.2 Å². The molecule has 43 heavy (non-hydrogen) atoms. The summed E-state index contributed by atoms with van der Waals surface area (Å²) in [6.07, 6.45) is 1.31. The minimum atomic E-state index is -1.16. The lowest BCUT2D eigenvalue weighted by atomic mass is 9.56. The quantitative estimate of drug-likeness (QED) is 0.262. The maximum absolute atomic E-state index is 13.8. The highest BCUT2D eigenvalue weighted by molar-refractivity contribution is 9.10. The zero-order valence-corrected chi connectivity index (χ0v) is 27.0. The molecule has 238 valence electrons. The van der Waals surface area contributed by atoms with Gasteiger partial charge in [-0.05, 0) is 34.5 Å². The largest absolute Gasteiger partial charge is 0.459 e. The topological polar surface area (TPSA) is 146 Å². The van der Waals surface area contributed by atoms with E-state index in [4.69, 9.17) is 40.0 Å². The van der Waals surface area contributed by atoms with Gasteiger partial charge in [-0.15, -0.1) is 0 Å². The van der Waals surface area contributed by atoms with E-state index >= 15 is 0 Å². The first-order valence-corrected chi connectivity index (χ1v) is 15.5. The second-order valence-electron chi connectivity index (χ2n) is 11.9. The van der Waals surface area contributed by atoms with Crippen LogP contribution in [0.15, 0.2) is 34.5 Å². The van der Waals surface area contributed by atoms with Crippen molar-refractivity contribution < 1.29 is 48.2 Å². The molecule has 11 nitrogen and oxygen atoms in total. The van der Waals surface area contributed by atoms with E-state index in [9.17, 15) is 19.8 Å². The maximum atomic E-state index is 13.8. The minimum Gasteiger partial charge on any atom is -0.459 e. The Kier molecular flexibility index (Phi) is 9.80. The lowest BCUT2D eigenvalue weighted by molar-refractivity contribution is -0.173. The molecule has 2 aliphatic carbocycles. The number of esters is 2. The van der Waals surface area contributed by atoms with E-state index in [1.165, 1.54) is 27.4 Å². The summed E-state index contributed by atoms with van der Waals surface area (Å²) < 4.78 is 35.7. The Balaban J connectivity index is 1.60. The predicted octanol–water partition coefficient (Wildman–Crippen LogP) is 2.93. The van der Waals surface area contributed by atoms with E-state index in [1.54, 1.807) is 0 Å². The molecule has 5 rings (SSSR count). The molecule has 2 fully saturated rings. The predicted molar refractivity (Wildman–Crippen MR) is 157 cm³/mol. The van der Waals surface area contributed by atoms with Gasteiger partial charge >= 0.3 is 11.9 Å². The van der Waals surface area contributed by atoms with E-state index in [0.29, 0.717) is 9.63 Å². The lowest BCUT2D eigenvalue weighted by Crippen LogP contribution is -2.59. The number of cyclic esters (lactones) is 1. The van der Waals surface area contributed by atoms with Gasteiger partial charge in [0.2, 0.25) is 0 Å². The zero-order chi connectivity index (χ0) is 31.2. The summed E-state index contributed by atoms with van der Waals surface area (Å²) in [5.74, 6) is -4.47. The number of halogens is 2. The number of hydrogen-bond donors (Lipinski definition) is 3. The van der Waals surface area contributed by atoms with Crippen LogP contribution in [-0.4, -0.2) is 104 Å². The summed E-state index contributed by atoms with van der Waals surface area (Å²) >= 11 is 9.41. The highest BCUT2D eigenvalue weighted by atomic mass is 79.9. The fourth-order valence-electron chi connectivity index (χ4n) is 7.70. The van der Waals surface area contributed by atoms with Gasteiger partial charge in [-0.3, -0.25) is 4.79 Å². The Labute approximate surface area is 263 Å². The molecule has 0 unspecified atom stereocenters. The van der Waals surface area contributed by atoms with Crippen molar-refractivity contribution in [3.8, 4) is 0 Å². The van der Waals surface area contributed by atoms with Crippen LogP contribution in [0.2, 0.25) is 5.02 Å². The van der Waals surface area contributed by atoms with Crippen LogP contribution in [0.3, 0.4) is 0 Å². The first kappa shape index (κ1) is 32.6. The van der Waals surface area contributed by atoms with Crippen LogP contribution in [0.1, 0.15) is 24.3 Å². The molecule has 4 bridgehead atoms. The second kappa shape index (κ2) is 12.9. The smallest absolute Gasteiger partial charge is 0.355 e. The number of aromatic nitrogens is 1. The number of aliphatic hydroxyl groups excluding tert-OH is 2. The molecule has 1 spiro atoms. The van der Waals surface area contributed by atoms with Crippen LogP contribution in [0.25, 0.3) is 0 Å². The Hall–Kier alpha value is -1.77. The standard InChI is InChI=1S/C30H39BrClNO10/c1-13-8-14(2)30-18(16(10-38-3)28(36)41-24(13)21(34)12-40-5)7-6-15-22(30)23(35)17(11-39-4)25(26(15)43-30)42-29(37)20-9-19(32)27(31)33-20/h6-9,13,15-18,21-26,33-35H,10-12H2,1-5H3/b14-8+/t13-,15-,16-,17-,18-,21-,22+,23-,24+,25-,26-,30+/m1/s1. The molecule has 13 heteroatoms. The van der Waals surface area contributed by atoms with Crippen LogP contribution in [0.5, 0.6) is 0 Å². The molecule has 1 saturated heterocycles. The molecule has 2 aliphatic heterocycles. The van der Waals surface area contributed by atoms with Crippen molar-refractivity contribution in [2.45, 2.75) is 50.0 Å². The molecule has 0 radical (unpaired) electrons. The molecule has 3 heterocycles. The normalized spacial score (nSPS) is 40.4. The Morgan fingerprint density at radius 3 is 2.56 bits per heavy atom. The average molecular weight is 689 g/mol. The van der Waals surface area contributed by atoms with Crippen molar-refractivity contribution in [2.24, 2.45) is 35.5 Å². The molecular formula is C30H39BrClNO10. The number of H-pyrrole nitrogens is 1. The number of carbonyl (C=O) groups excluding carboxylic acids is 2. The zero-order valence-electron chi connectivity index (χ0n) is 24.7. The molecule has 1 saturated carbocycles. The number of methoxy groups -OCH3 is 3. The summed E-state index contributed by atoms with van der Waals surface area (Å²) in [6.45, 7) is 3.88. The molecule has 4 aliphatic rings. The van der Waals surface area contributed by atoms with Crippen molar-refractivity contribution in [3.63, 3.8) is 0 Å².